The summed E-state index contributed by atoms with van der Waals surface area (Å²) in [7, 11) is 0. The first-order valence-electron chi connectivity index (χ1n) is 11.5. The zero-order valence-corrected chi connectivity index (χ0v) is 19.2. The molecule has 1 saturated carbocycles. The summed E-state index contributed by atoms with van der Waals surface area (Å²) >= 11 is 1.75. The van der Waals surface area contributed by atoms with Crippen LogP contribution in [0.3, 0.4) is 0 Å². The lowest BCUT2D eigenvalue weighted by atomic mass is 9.91. The Morgan fingerprint density at radius 1 is 1.19 bits per heavy atom. The van der Waals surface area contributed by atoms with Gasteiger partial charge in [-0.2, -0.15) is 5.26 Å². The molecule has 2 fully saturated rings. The highest BCUT2D eigenvalue weighted by molar-refractivity contribution is 7.16. The number of nitriles is 1. The number of likely N-dealkylation sites (tertiary alicyclic amines) is 1. The van der Waals surface area contributed by atoms with Gasteiger partial charge >= 0.3 is 0 Å². The van der Waals surface area contributed by atoms with Gasteiger partial charge in [0.25, 0.3) is 0 Å². The molecular weight excluding hydrogens is 402 g/mol. The van der Waals surface area contributed by atoms with Crippen molar-refractivity contribution in [2.75, 3.05) is 13.1 Å². The molecule has 31 heavy (non-hydrogen) atoms. The summed E-state index contributed by atoms with van der Waals surface area (Å²) in [6.45, 7) is 6.46. The second kappa shape index (κ2) is 8.61. The minimum absolute atomic E-state index is 0.0437. The van der Waals surface area contributed by atoms with Gasteiger partial charge in [-0.3, -0.25) is 4.90 Å². The molecule has 0 radical (unpaired) electrons. The SMILES string of the molecule is CC(C)Oc1ccc(-c2ncc(C3=C4CCC(N5CCCC5)C4=CCC3)s2)cc1C#N. The monoisotopic (exact) mass is 431 g/mol. The Kier molecular flexibility index (Phi) is 5.69. The van der Waals surface area contributed by atoms with E-state index in [-0.39, 0.29) is 6.10 Å². The molecule has 1 saturated heterocycles. The number of benzene rings is 1. The molecule has 5 heteroatoms. The molecule has 0 bridgehead atoms. The minimum Gasteiger partial charge on any atom is -0.490 e. The van der Waals surface area contributed by atoms with Gasteiger partial charge < -0.3 is 4.74 Å². The van der Waals surface area contributed by atoms with Gasteiger partial charge in [0.2, 0.25) is 0 Å². The third-order valence-corrected chi connectivity index (χ3v) is 7.70. The highest BCUT2D eigenvalue weighted by atomic mass is 32.1. The van der Waals surface area contributed by atoms with Crippen molar-refractivity contribution in [1.82, 2.24) is 9.88 Å². The molecule has 1 aromatic heterocycles. The maximum Gasteiger partial charge on any atom is 0.137 e. The molecule has 2 aromatic rings. The normalized spacial score (nSPS) is 21.4. The third kappa shape index (κ3) is 3.95. The van der Waals surface area contributed by atoms with Crippen molar-refractivity contribution >= 4 is 16.9 Å². The first-order valence-corrected chi connectivity index (χ1v) is 12.3. The maximum absolute atomic E-state index is 9.56. The van der Waals surface area contributed by atoms with Crippen LogP contribution in [0.15, 0.2) is 41.6 Å². The van der Waals surface area contributed by atoms with Crippen LogP contribution in [-0.2, 0) is 0 Å². The Balaban J connectivity index is 1.43. The molecule has 3 aliphatic rings. The highest BCUT2D eigenvalue weighted by Crippen LogP contribution is 2.46. The van der Waals surface area contributed by atoms with Gasteiger partial charge in [-0.1, -0.05) is 6.08 Å². The maximum atomic E-state index is 9.56. The van der Waals surface area contributed by atoms with Gasteiger partial charge in [0.15, 0.2) is 0 Å². The number of hydrogen-bond acceptors (Lipinski definition) is 5. The molecule has 2 aliphatic carbocycles. The largest absolute Gasteiger partial charge is 0.490 e. The third-order valence-electron chi connectivity index (χ3n) is 6.59. The van der Waals surface area contributed by atoms with Crippen molar-refractivity contribution < 1.29 is 4.74 Å². The molecular formula is C26H29N3OS. The Hall–Kier alpha value is -2.42. The van der Waals surface area contributed by atoms with Crippen LogP contribution in [0.2, 0.25) is 0 Å². The summed E-state index contributed by atoms with van der Waals surface area (Å²) in [5, 5.41) is 10.5. The zero-order valence-electron chi connectivity index (χ0n) is 18.4. The number of fused-ring (bicyclic) bond motifs is 1. The Morgan fingerprint density at radius 3 is 2.81 bits per heavy atom. The van der Waals surface area contributed by atoms with Crippen molar-refractivity contribution in [2.45, 2.75) is 64.5 Å². The molecule has 160 valence electrons. The van der Waals surface area contributed by atoms with Crippen molar-refractivity contribution in [1.29, 1.82) is 5.26 Å². The molecule has 0 amide bonds. The highest BCUT2D eigenvalue weighted by Gasteiger charge is 2.34. The predicted molar refractivity (Wildman–Crippen MR) is 126 cm³/mol. The van der Waals surface area contributed by atoms with Crippen molar-refractivity contribution in [3.63, 3.8) is 0 Å². The summed E-state index contributed by atoms with van der Waals surface area (Å²) in [4.78, 5) is 8.73. The van der Waals surface area contributed by atoms with E-state index in [1.165, 1.54) is 49.2 Å². The summed E-state index contributed by atoms with van der Waals surface area (Å²) < 4.78 is 5.77. The Bertz CT molecular complexity index is 1080. The molecule has 2 heterocycles. The standard InChI is InChI=1S/C26H29N3OS/c1-17(2)30-24-11-8-18(14-19(24)15-27)26-28-16-25(31-26)22-7-5-6-21-20(22)9-10-23(21)29-12-3-4-13-29/h6,8,11,14,16-17,23H,3-5,7,9-10,12-13H2,1-2H3. The lowest BCUT2D eigenvalue weighted by Gasteiger charge is -2.26. The molecule has 0 N–H and O–H groups in total. The van der Waals surface area contributed by atoms with Crippen LogP contribution in [0.1, 0.15) is 62.8 Å². The average molecular weight is 432 g/mol. The van der Waals surface area contributed by atoms with E-state index in [9.17, 15) is 5.26 Å². The topological polar surface area (TPSA) is 49.1 Å². The molecule has 4 nitrogen and oxygen atoms in total. The summed E-state index contributed by atoms with van der Waals surface area (Å²) in [6.07, 6.45) is 12.0. The lowest BCUT2D eigenvalue weighted by molar-refractivity contribution is 0.242. The molecule has 1 aromatic carbocycles. The number of rotatable bonds is 5. The van der Waals surface area contributed by atoms with E-state index in [0.717, 1.165) is 23.4 Å². The lowest BCUT2D eigenvalue weighted by Crippen LogP contribution is -2.31. The van der Waals surface area contributed by atoms with E-state index >= 15 is 0 Å². The second-order valence-corrected chi connectivity index (χ2v) is 10.0. The van der Waals surface area contributed by atoms with Gasteiger partial charge in [-0.25, -0.2) is 4.98 Å². The van der Waals surface area contributed by atoms with Crippen LogP contribution in [-0.4, -0.2) is 35.1 Å². The molecule has 1 aliphatic heterocycles. The number of nitrogens with zero attached hydrogens (tertiary/aromatic N) is 3. The molecule has 1 atom stereocenters. The fraction of sp³-hybridized carbons (Fsp3) is 0.462. The van der Waals surface area contributed by atoms with Crippen LogP contribution in [0.5, 0.6) is 5.75 Å². The quantitative estimate of drug-likeness (QED) is 0.565. The smallest absolute Gasteiger partial charge is 0.137 e. The van der Waals surface area contributed by atoms with Gasteiger partial charge in [0.1, 0.15) is 16.8 Å². The first-order chi connectivity index (χ1) is 15.1. The number of aromatic nitrogens is 1. The summed E-state index contributed by atoms with van der Waals surface area (Å²) in [5.74, 6) is 0.643. The van der Waals surface area contributed by atoms with Gasteiger partial charge in [-0.05, 0) is 100 Å². The number of thiazole rings is 1. The van der Waals surface area contributed by atoms with E-state index in [4.69, 9.17) is 9.72 Å². The van der Waals surface area contributed by atoms with Crippen molar-refractivity contribution in [3.05, 3.63) is 52.1 Å². The van der Waals surface area contributed by atoms with Gasteiger partial charge in [-0.15, -0.1) is 11.3 Å². The van der Waals surface area contributed by atoms with Crippen LogP contribution < -0.4 is 4.74 Å². The van der Waals surface area contributed by atoms with Crippen molar-refractivity contribution in [2.24, 2.45) is 0 Å². The van der Waals surface area contributed by atoms with E-state index in [1.807, 2.05) is 38.2 Å². The first kappa shape index (κ1) is 20.5. The minimum atomic E-state index is 0.0437. The average Bonchev–Trinajstić information content (AvgIpc) is 3.53. The molecule has 0 spiro atoms. The van der Waals surface area contributed by atoms with Gasteiger partial charge in [0.05, 0.1) is 16.5 Å². The fourth-order valence-corrected chi connectivity index (χ4v) is 6.26. The second-order valence-electron chi connectivity index (χ2n) is 8.97. The Labute approximate surface area is 188 Å². The summed E-state index contributed by atoms with van der Waals surface area (Å²) in [5.41, 5.74) is 6.24. The van der Waals surface area contributed by atoms with Crippen LogP contribution >= 0.6 is 11.3 Å². The zero-order chi connectivity index (χ0) is 21.4. The number of hydrogen-bond donors (Lipinski definition) is 0. The van der Waals surface area contributed by atoms with Crippen LogP contribution in [0.4, 0.5) is 0 Å². The summed E-state index contributed by atoms with van der Waals surface area (Å²) in [6, 6.07) is 8.73. The predicted octanol–water partition coefficient (Wildman–Crippen LogP) is 6.20. The van der Waals surface area contributed by atoms with Crippen LogP contribution in [0.25, 0.3) is 16.1 Å². The van der Waals surface area contributed by atoms with Gasteiger partial charge in [0, 0.05) is 17.8 Å². The van der Waals surface area contributed by atoms with Crippen molar-refractivity contribution in [3.8, 4) is 22.4 Å². The van der Waals surface area contributed by atoms with E-state index in [1.54, 1.807) is 22.5 Å². The number of ether oxygens (including phenoxy) is 1. The Morgan fingerprint density at radius 2 is 2.03 bits per heavy atom. The van der Waals surface area contributed by atoms with Crippen LogP contribution in [0, 0.1) is 11.3 Å². The number of allylic oxidation sites excluding steroid dienone is 2. The fourth-order valence-electron chi connectivity index (χ4n) is 5.25. The van der Waals surface area contributed by atoms with E-state index < -0.39 is 0 Å². The van der Waals surface area contributed by atoms with E-state index in [0.29, 0.717) is 17.4 Å². The molecule has 5 rings (SSSR count). The molecule has 1 unspecified atom stereocenters. The van der Waals surface area contributed by atoms with E-state index in [2.05, 4.69) is 17.0 Å².